The minimum absolute atomic E-state index is 0.853. The lowest BCUT2D eigenvalue weighted by atomic mass is 10.0. The van der Waals surface area contributed by atoms with E-state index in [2.05, 4.69) is 19.6 Å². The molecule has 0 aromatic carbocycles. The molecule has 0 aliphatic heterocycles. The Bertz CT molecular complexity index is 212. The number of hydrogen-bond acceptors (Lipinski definition) is 0. The predicted molar refractivity (Wildman–Crippen MR) is 108 cm³/mol. The lowest BCUT2D eigenvalue weighted by Crippen LogP contribution is -1.88. The van der Waals surface area contributed by atoms with E-state index in [9.17, 15) is 0 Å². The second-order valence-corrected chi connectivity index (χ2v) is 8.79. The Morgan fingerprint density at radius 1 is 0.636 bits per heavy atom. The van der Waals surface area contributed by atoms with Crippen LogP contribution < -0.4 is 0 Å². The first-order chi connectivity index (χ1) is 10.8. The van der Waals surface area contributed by atoms with E-state index in [-0.39, 0.29) is 0 Å². The molecule has 1 atom stereocenters. The Morgan fingerprint density at radius 3 is 1.27 bits per heavy atom. The zero-order chi connectivity index (χ0) is 16.3. The fourth-order valence-electron chi connectivity index (χ4n) is 3.13. The van der Waals surface area contributed by atoms with Crippen LogP contribution in [-0.2, 0) is 0 Å². The molecule has 0 heterocycles. The molecule has 0 aromatic rings. The minimum atomic E-state index is 0.853. The lowest BCUT2D eigenvalue weighted by molar-refractivity contribution is 0.527. The highest BCUT2D eigenvalue weighted by atomic mass is 28.1. The van der Waals surface area contributed by atoms with Crippen LogP contribution in [0, 0.1) is 0 Å². The van der Waals surface area contributed by atoms with Gasteiger partial charge >= 0.3 is 0 Å². The number of allylic oxidation sites excluding steroid dienone is 1. The van der Waals surface area contributed by atoms with Crippen LogP contribution in [0.25, 0.3) is 0 Å². The van der Waals surface area contributed by atoms with Crippen molar-refractivity contribution in [1.82, 2.24) is 0 Å². The van der Waals surface area contributed by atoms with Gasteiger partial charge in [-0.05, 0) is 5.54 Å². The van der Waals surface area contributed by atoms with Crippen molar-refractivity contribution in [2.45, 2.75) is 122 Å². The van der Waals surface area contributed by atoms with Crippen LogP contribution in [0.5, 0.6) is 0 Å². The molecule has 0 aliphatic rings. The lowest BCUT2D eigenvalue weighted by Gasteiger charge is -2.05. The molecule has 0 spiro atoms. The second kappa shape index (κ2) is 19.0. The van der Waals surface area contributed by atoms with Crippen LogP contribution in [0.4, 0.5) is 0 Å². The molecule has 0 saturated heterocycles. The smallest absolute Gasteiger partial charge is 0.0115 e. The number of rotatable bonds is 18. The van der Waals surface area contributed by atoms with Gasteiger partial charge in [0, 0.05) is 10.2 Å². The van der Waals surface area contributed by atoms with Crippen molar-refractivity contribution in [2.24, 2.45) is 0 Å². The van der Waals surface area contributed by atoms with E-state index in [1.54, 1.807) is 0 Å². The second-order valence-electron chi connectivity index (χ2n) is 7.30. The van der Waals surface area contributed by atoms with Crippen molar-refractivity contribution in [1.29, 1.82) is 0 Å². The van der Waals surface area contributed by atoms with Gasteiger partial charge in [0.05, 0.1) is 0 Å². The van der Waals surface area contributed by atoms with E-state index in [0.717, 1.165) is 5.54 Å². The highest BCUT2D eigenvalue weighted by Gasteiger charge is 1.97. The van der Waals surface area contributed by atoms with Crippen molar-refractivity contribution >= 4 is 10.2 Å². The highest BCUT2D eigenvalue weighted by molar-refractivity contribution is 6.12. The topological polar surface area (TPSA) is 0 Å². The van der Waals surface area contributed by atoms with Gasteiger partial charge in [-0.1, -0.05) is 122 Å². The first kappa shape index (κ1) is 22.0. The van der Waals surface area contributed by atoms with Crippen molar-refractivity contribution in [3.63, 3.8) is 0 Å². The van der Waals surface area contributed by atoms with E-state index in [4.69, 9.17) is 0 Å². The van der Waals surface area contributed by atoms with E-state index in [1.807, 2.05) is 0 Å². The van der Waals surface area contributed by atoms with Crippen molar-refractivity contribution in [3.8, 4) is 0 Å². The minimum Gasteiger partial charge on any atom is -0.103 e. The summed E-state index contributed by atoms with van der Waals surface area (Å²) in [6.45, 7) is 6.18. The molecule has 0 aromatic heterocycles. The summed E-state index contributed by atoms with van der Waals surface area (Å²) in [4.78, 5) is 0. The average molecular weight is 325 g/mol. The van der Waals surface area contributed by atoms with Gasteiger partial charge in [-0.2, -0.15) is 0 Å². The molecule has 0 radical (unpaired) electrons. The van der Waals surface area contributed by atoms with Gasteiger partial charge in [-0.15, -0.1) is 6.58 Å². The standard InChI is InChI=1S/C21H44Si/c1-3-5-6-7-8-9-10-11-12-13-14-15-16-17-18-19-20-21(22)4-2/h4,21H,2-3,5-20H2,1,22H3. The summed E-state index contributed by atoms with van der Waals surface area (Å²) in [5.41, 5.74) is 0.853. The Morgan fingerprint density at radius 2 is 0.955 bits per heavy atom. The Labute approximate surface area is 145 Å². The van der Waals surface area contributed by atoms with Crippen molar-refractivity contribution in [2.75, 3.05) is 0 Å². The Hall–Kier alpha value is -0.0431. The van der Waals surface area contributed by atoms with E-state index in [0.29, 0.717) is 0 Å². The van der Waals surface area contributed by atoms with Crippen molar-refractivity contribution < 1.29 is 0 Å². The fraction of sp³-hybridized carbons (Fsp3) is 0.905. The summed E-state index contributed by atoms with van der Waals surface area (Å²) in [5.74, 6) is 0. The monoisotopic (exact) mass is 324 g/mol. The van der Waals surface area contributed by atoms with Gasteiger partial charge in [0.2, 0.25) is 0 Å². The van der Waals surface area contributed by atoms with Crippen molar-refractivity contribution in [3.05, 3.63) is 12.7 Å². The zero-order valence-electron chi connectivity index (χ0n) is 15.9. The molecule has 0 saturated carbocycles. The molecule has 0 N–H and O–H groups in total. The molecule has 132 valence electrons. The molecule has 1 unspecified atom stereocenters. The maximum absolute atomic E-state index is 3.89. The van der Waals surface area contributed by atoms with Crippen LogP contribution >= 0.6 is 0 Å². The van der Waals surface area contributed by atoms with Crippen LogP contribution in [0.2, 0.25) is 5.54 Å². The van der Waals surface area contributed by atoms with E-state index < -0.39 is 0 Å². The molecule has 0 fully saturated rings. The average Bonchev–Trinajstić information content (AvgIpc) is 2.54. The number of hydrogen-bond donors (Lipinski definition) is 0. The van der Waals surface area contributed by atoms with Crippen LogP contribution in [0.1, 0.15) is 116 Å². The first-order valence-corrected chi connectivity index (χ1v) is 11.6. The quantitative estimate of drug-likeness (QED) is 0.145. The van der Waals surface area contributed by atoms with Gasteiger partial charge in [-0.25, -0.2) is 0 Å². The zero-order valence-corrected chi connectivity index (χ0v) is 17.9. The first-order valence-electron chi connectivity index (χ1n) is 10.4. The third-order valence-corrected chi connectivity index (χ3v) is 5.96. The molecular formula is C21H44Si. The molecular weight excluding hydrogens is 280 g/mol. The molecule has 22 heavy (non-hydrogen) atoms. The maximum Gasteiger partial charge on any atom is 0.0115 e. The van der Waals surface area contributed by atoms with Gasteiger partial charge in [0.15, 0.2) is 0 Å². The van der Waals surface area contributed by atoms with Gasteiger partial charge in [0.25, 0.3) is 0 Å². The van der Waals surface area contributed by atoms with Crippen LogP contribution in [-0.4, -0.2) is 10.2 Å². The summed E-state index contributed by atoms with van der Waals surface area (Å²) in [6.07, 6.45) is 26.9. The summed E-state index contributed by atoms with van der Waals surface area (Å²) in [7, 11) is 1.29. The third kappa shape index (κ3) is 18.0. The summed E-state index contributed by atoms with van der Waals surface area (Å²) >= 11 is 0. The molecule has 0 nitrogen and oxygen atoms in total. The van der Waals surface area contributed by atoms with E-state index >= 15 is 0 Å². The summed E-state index contributed by atoms with van der Waals surface area (Å²) in [5, 5.41) is 0. The van der Waals surface area contributed by atoms with Gasteiger partial charge < -0.3 is 0 Å². The molecule has 1 heteroatoms. The van der Waals surface area contributed by atoms with Gasteiger partial charge in [-0.3, -0.25) is 0 Å². The third-order valence-electron chi connectivity index (χ3n) is 4.92. The summed E-state index contributed by atoms with van der Waals surface area (Å²) in [6, 6.07) is 0. The van der Waals surface area contributed by atoms with Crippen LogP contribution in [0.3, 0.4) is 0 Å². The fourth-order valence-corrected chi connectivity index (χ4v) is 3.54. The summed E-state index contributed by atoms with van der Waals surface area (Å²) < 4.78 is 0. The van der Waals surface area contributed by atoms with Crippen LogP contribution in [0.15, 0.2) is 12.7 Å². The Balaban J connectivity index is 2.98. The molecule has 0 rings (SSSR count). The molecule has 0 bridgehead atoms. The maximum atomic E-state index is 3.89. The number of unbranched alkanes of at least 4 members (excludes halogenated alkanes) is 15. The predicted octanol–water partition coefficient (Wildman–Crippen LogP) is 6.98. The Kier molecular flexibility index (Phi) is 19.0. The largest absolute Gasteiger partial charge is 0.103 e. The van der Waals surface area contributed by atoms with E-state index in [1.165, 1.54) is 119 Å². The SMILES string of the molecule is C=CC([SiH3])CCCCCCCCCCCCCCCCCC. The highest BCUT2D eigenvalue weighted by Crippen LogP contribution is 2.16. The molecule has 0 aliphatic carbocycles. The molecule has 0 amide bonds. The normalized spacial score (nSPS) is 12.6. The van der Waals surface area contributed by atoms with Gasteiger partial charge in [0.1, 0.15) is 0 Å².